The Morgan fingerprint density at radius 1 is 1.04 bits per heavy atom. The summed E-state index contributed by atoms with van der Waals surface area (Å²) >= 11 is 0. The number of hydrogen-bond acceptors (Lipinski definition) is 5. The van der Waals surface area contributed by atoms with Crippen LogP contribution in [0.3, 0.4) is 0 Å². The minimum atomic E-state index is -1.04. The van der Waals surface area contributed by atoms with E-state index >= 15 is 0 Å². The van der Waals surface area contributed by atoms with Gasteiger partial charge in [0.2, 0.25) is 5.78 Å². The van der Waals surface area contributed by atoms with Gasteiger partial charge in [0.15, 0.2) is 12.3 Å². The van der Waals surface area contributed by atoms with Crippen molar-refractivity contribution >= 4 is 11.8 Å². The van der Waals surface area contributed by atoms with Crippen LogP contribution in [-0.2, 0) is 4.79 Å². The highest BCUT2D eigenvalue weighted by Gasteiger charge is 2.13. The fourth-order valence-electron chi connectivity index (χ4n) is 2.07. The van der Waals surface area contributed by atoms with Crippen LogP contribution in [0.4, 0.5) is 0 Å². The van der Waals surface area contributed by atoms with E-state index in [1.54, 1.807) is 54.7 Å². The molecule has 3 aromatic rings. The number of ketones is 1. The normalized spacial score (nSPS) is 10.3. The quantitative estimate of drug-likeness (QED) is 0.697. The van der Waals surface area contributed by atoms with Crippen molar-refractivity contribution in [1.82, 2.24) is 15.0 Å². The molecular weight excluding hydrogens is 310 g/mol. The number of nitrogens with zero attached hydrogens (tertiary/aromatic N) is 3. The van der Waals surface area contributed by atoms with Gasteiger partial charge in [-0.05, 0) is 24.3 Å². The first-order valence-electron chi connectivity index (χ1n) is 7.10. The van der Waals surface area contributed by atoms with E-state index in [0.29, 0.717) is 17.0 Å². The maximum absolute atomic E-state index is 12.3. The average molecular weight is 323 g/mol. The molecule has 0 saturated carbocycles. The third kappa shape index (κ3) is 3.46. The number of hydrogen-bond donors (Lipinski definition) is 1. The lowest BCUT2D eigenvalue weighted by molar-refractivity contribution is -0.139. The van der Waals surface area contributed by atoms with Crippen LogP contribution in [0.25, 0.3) is 5.69 Å². The molecule has 24 heavy (non-hydrogen) atoms. The molecule has 1 N–H and O–H groups in total. The van der Waals surface area contributed by atoms with Crippen molar-refractivity contribution in [3.63, 3.8) is 0 Å². The second-order valence-electron chi connectivity index (χ2n) is 4.92. The van der Waals surface area contributed by atoms with Gasteiger partial charge in [-0.2, -0.15) is 0 Å². The first-order chi connectivity index (χ1) is 11.6. The van der Waals surface area contributed by atoms with Crippen LogP contribution in [0.5, 0.6) is 5.75 Å². The number of carboxylic acid groups (broad SMARTS) is 1. The smallest absolute Gasteiger partial charge is 0.341 e. The molecule has 0 radical (unpaired) electrons. The van der Waals surface area contributed by atoms with Crippen molar-refractivity contribution in [3.05, 3.63) is 72.1 Å². The second-order valence-corrected chi connectivity index (χ2v) is 4.92. The zero-order valence-corrected chi connectivity index (χ0v) is 12.5. The predicted molar refractivity (Wildman–Crippen MR) is 84.4 cm³/mol. The molecule has 3 rings (SSSR count). The molecule has 0 unspecified atom stereocenters. The van der Waals surface area contributed by atoms with Gasteiger partial charge in [0.05, 0.1) is 11.9 Å². The van der Waals surface area contributed by atoms with Gasteiger partial charge >= 0.3 is 5.97 Å². The van der Waals surface area contributed by atoms with Crippen LogP contribution >= 0.6 is 0 Å². The van der Waals surface area contributed by atoms with Gasteiger partial charge in [0, 0.05) is 5.56 Å². The molecule has 7 nitrogen and oxygen atoms in total. The number of aromatic nitrogens is 3. The zero-order chi connectivity index (χ0) is 16.9. The van der Waals surface area contributed by atoms with E-state index in [1.165, 1.54) is 4.68 Å². The summed E-state index contributed by atoms with van der Waals surface area (Å²) in [7, 11) is 0. The van der Waals surface area contributed by atoms with Crippen molar-refractivity contribution in [2.75, 3.05) is 6.61 Å². The van der Waals surface area contributed by atoms with Crippen molar-refractivity contribution in [3.8, 4) is 11.4 Å². The van der Waals surface area contributed by atoms with Crippen molar-refractivity contribution in [1.29, 1.82) is 0 Å². The fourth-order valence-corrected chi connectivity index (χ4v) is 2.07. The topological polar surface area (TPSA) is 94.3 Å². The molecule has 0 bridgehead atoms. The maximum atomic E-state index is 12.3. The molecule has 0 fully saturated rings. The molecule has 1 heterocycles. The Labute approximate surface area is 137 Å². The Balaban J connectivity index is 1.76. The molecule has 0 aliphatic carbocycles. The van der Waals surface area contributed by atoms with Crippen molar-refractivity contribution in [2.45, 2.75) is 0 Å². The van der Waals surface area contributed by atoms with Gasteiger partial charge < -0.3 is 9.84 Å². The summed E-state index contributed by atoms with van der Waals surface area (Å²) in [6.07, 6.45) is 1.54. The van der Waals surface area contributed by atoms with Gasteiger partial charge in [-0.1, -0.05) is 35.5 Å². The number of rotatable bonds is 6. The highest BCUT2D eigenvalue weighted by atomic mass is 16.5. The van der Waals surface area contributed by atoms with Crippen LogP contribution in [-0.4, -0.2) is 38.5 Å². The Morgan fingerprint density at radius 2 is 1.75 bits per heavy atom. The van der Waals surface area contributed by atoms with Gasteiger partial charge in [0.1, 0.15) is 5.75 Å². The third-order valence-corrected chi connectivity index (χ3v) is 3.23. The molecule has 1 aromatic heterocycles. The van der Waals surface area contributed by atoms with Crippen LogP contribution in [0.2, 0.25) is 0 Å². The lowest BCUT2D eigenvalue weighted by Crippen LogP contribution is -2.09. The summed E-state index contributed by atoms with van der Waals surface area (Å²) in [5, 5.41) is 16.4. The predicted octanol–water partition coefficient (Wildman–Crippen LogP) is 1.96. The highest BCUT2D eigenvalue weighted by Crippen LogP contribution is 2.15. The first kappa shape index (κ1) is 15.4. The van der Waals surface area contributed by atoms with E-state index in [4.69, 9.17) is 9.84 Å². The highest BCUT2D eigenvalue weighted by molar-refractivity contribution is 6.07. The largest absolute Gasteiger partial charge is 0.482 e. The molecule has 0 aliphatic rings. The van der Waals surface area contributed by atoms with Gasteiger partial charge in [-0.3, -0.25) is 4.79 Å². The summed E-state index contributed by atoms with van der Waals surface area (Å²) in [5.41, 5.74) is 1.46. The Hall–Kier alpha value is -3.48. The van der Waals surface area contributed by atoms with Crippen molar-refractivity contribution in [2.24, 2.45) is 0 Å². The van der Waals surface area contributed by atoms with Gasteiger partial charge in [0.25, 0.3) is 0 Å². The lowest BCUT2D eigenvalue weighted by atomic mass is 10.1. The van der Waals surface area contributed by atoms with Crippen LogP contribution < -0.4 is 4.74 Å². The van der Waals surface area contributed by atoms with Crippen LogP contribution in [0.15, 0.2) is 60.8 Å². The maximum Gasteiger partial charge on any atom is 0.341 e. The molecule has 0 saturated heterocycles. The first-order valence-corrected chi connectivity index (χ1v) is 7.10. The molecule has 0 amide bonds. The SMILES string of the molecule is O=C(O)COc1ccc(-n2cc(C(=O)c3ccccc3)nn2)cc1. The number of carbonyl (C=O) groups is 2. The zero-order valence-electron chi connectivity index (χ0n) is 12.5. The monoisotopic (exact) mass is 323 g/mol. The van der Waals surface area contributed by atoms with Crippen molar-refractivity contribution < 1.29 is 19.4 Å². The van der Waals surface area contributed by atoms with Gasteiger partial charge in [-0.25, -0.2) is 9.48 Å². The molecule has 2 aromatic carbocycles. The number of ether oxygens (including phenoxy) is 1. The lowest BCUT2D eigenvalue weighted by Gasteiger charge is -2.04. The molecular formula is C17H13N3O4. The van der Waals surface area contributed by atoms with E-state index in [-0.39, 0.29) is 11.5 Å². The number of carboxylic acids is 1. The molecule has 0 atom stereocenters. The van der Waals surface area contributed by atoms with Crippen LogP contribution in [0.1, 0.15) is 16.1 Å². The number of aliphatic carboxylic acids is 1. The molecule has 0 spiro atoms. The number of benzene rings is 2. The molecule has 120 valence electrons. The Kier molecular flexibility index (Phi) is 4.33. The summed E-state index contributed by atoms with van der Waals surface area (Å²) in [6, 6.07) is 15.5. The molecule has 7 heteroatoms. The average Bonchev–Trinajstić information content (AvgIpc) is 3.10. The third-order valence-electron chi connectivity index (χ3n) is 3.23. The summed E-state index contributed by atoms with van der Waals surface area (Å²) in [6.45, 7) is -0.404. The fraction of sp³-hybridized carbons (Fsp3) is 0.0588. The summed E-state index contributed by atoms with van der Waals surface area (Å²) in [4.78, 5) is 22.8. The van der Waals surface area contributed by atoms with E-state index in [9.17, 15) is 9.59 Å². The van der Waals surface area contributed by atoms with E-state index < -0.39 is 12.6 Å². The van der Waals surface area contributed by atoms with Gasteiger partial charge in [-0.15, -0.1) is 5.10 Å². The second kappa shape index (κ2) is 6.74. The Morgan fingerprint density at radius 3 is 2.42 bits per heavy atom. The Bertz CT molecular complexity index is 857. The van der Waals surface area contributed by atoms with E-state index in [0.717, 1.165) is 0 Å². The standard InChI is InChI=1S/C17H13N3O4/c21-16(22)11-24-14-8-6-13(7-9-14)20-10-15(18-19-20)17(23)12-4-2-1-3-5-12/h1-10H,11H2,(H,21,22). The van der Waals surface area contributed by atoms with Crippen LogP contribution in [0, 0.1) is 0 Å². The van der Waals surface area contributed by atoms with E-state index in [1.807, 2.05) is 6.07 Å². The number of carbonyl (C=O) groups excluding carboxylic acids is 1. The summed E-state index contributed by atoms with van der Waals surface area (Å²) < 4.78 is 6.53. The minimum Gasteiger partial charge on any atom is -0.482 e. The van der Waals surface area contributed by atoms with E-state index in [2.05, 4.69) is 10.3 Å². The minimum absolute atomic E-state index is 0.205. The summed E-state index contributed by atoms with van der Waals surface area (Å²) in [5.74, 6) is -0.815. The molecule has 0 aliphatic heterocycles.